The Hall–Kier alpha value is -1.52. The molecule has 0 radical (unpaired) electrons. The number of hydrogen-bond donors (Lipinski definition) is 1. The van der Waals surface area contributed by atoms with Crippen LogP contribution in [-0.2, 0) is 0 Å². The normalized spacial score (nSPS) is 16.7. The molecular weight excluding hydrogens is 238 g/mol. The van der Waals surface area contributed by atoms with Crippen LogP contribution in [0.1, 0.15) is 33.6 Å². The summed E-state index contributed by atoms with van der Waals surface area (Å²) in [7, 11) is 0. The van der Waals surface area contributed by atoms with Crippen LogP contribution < -0.4 is 15.5 Å². The van der Waals surface area contributed by atoms with Crippen LogP contribution in [0.25, 0.3) is 0 Å². The Kier molecular flexibility index (Phi) is 4.45. The van der Waals surface area contributed by atoms with Gasteiger partial charge in [0.15, 0.2) is 11.6 Å². The molecule has 1 fully saturated rings. The molecule has 0 aliphatic carbocycles. The van der Waals surface area contributed by atoms with Gasteiger partial charge < -0.3 is 15.5 Å². The number of piperidine rings is 1. The number of rotatable bonds is 4. The van der Waals surface area contributed by atoms with E-state index in [0.29, 0.717) is 0 Å². The van der Waals surface area contributed by atoms with Gasteiger partial charge in [-0.15, -0.1) is 0 Å². The molecular formula is C14H25N5. The molecule has 1 aliphatic rings. The van der Waals surface area contributed by atoms with Crippen molar-refractivity contribution in [1.82, 2.24) is 9.97 Å². The minimum atomic E-state index is 0.723. The number of nitrogens with zero attached hydrogens (tertiary/aromatic N) is 4. The highest BCUT2D eigenvalue weighted by Gasteiger charge is 2.21. The first-order chi connectivity index (χ1) is 9.17. The zero-order chi connectivity index (χ0) is 13.8. The molecule has 1 saturated heterocycles. The van der Waals surface area contributed by atoms with Crippen molar-refractivity contribution in [3.05, 3.63) is 6.33 Å². The maximum atomic E-state index is 6.29. The van der Waals surface area contributed by atoms with Gasteiger partial charge in [0.2, 0.25) is 0 Å². The zero-order valence-corrected chi connectivity index (χ0v) is 12.3. The monoisotopic (exact) mass is 263 g/mol. The second-order valence-corrected chi connectivity index (χ2v) is 5.28. The van der Waals surface area contributed by atoms with Crippen LogP contribution in [-0.4, -0.2) is 36.1 Å². The minimum absolute atomic E-state index is 0.723. The Morgan fingerprint density at radius 2 is 1.89 bits per heavy atom. The van der Waals surface area contributed by atoms with Gasteiger partial charge in [-0.3, -0.25) is 0 Å². The van der Waals surface area contributed by atoms with Gasteiger partial charge in [0.05, 0.1) is 0 Å². The molecule has 2 heterocycles. The van der Waals surface area contributed by atoms with E-state index in [2.05, 4.69) is 40.5 Å². The van der Waals surface area contributed by atoms with Gasteiger partial charge in [0.25, 0.3) is 0 Å². The van der Waals surface area contributed by atoms with Crippen LogP contribution in [0, 0.1) is 5.92 Å². The third kappa shape index (κ3) is 2.91. The van der Waals surface area contributed by atoms with Crippen molar-refractivity contribution >= 4 is 17.3 Å². The smallest absolute Gasteiger partial charge is 0.157 e. The quantitative estimate of drug-likeness (QED) is 0.902. The van der Waals surface area contributed by atoms with Crippen molar-refractivity contribution in [2.24, 2.45) is 5.92 Å². The van der Waals surface area contributed by atoms with E-state index in [1.165, 1.54) is 12.8 Å². The van der Waals surface area contributed by atoms with Crippen LogP contribution in [0.4, 0.5) is 17.3 Å². The van der Waals surface area contributed by atoms with Crippen LogP contribution in [0.3, 0.4) is 0 Å². The van der Waals surface area contributed by atoms with Gasteiger partial charge in [-0.1, -0.05) is 6.92 Å². The number of nitrogen functional groups attached to an aromatic ring is 1. The van der Waals surface area contributed by atoms with E-state index in [9.17, 15) is 0 Å². The SMILES string of the molecule is CCN(CC)c1ncnc(N2CCC(C)CC2)c1N. The lowest BCUT2D eigenvalue weighted by molar-refractivity contribution is 0.437. The van der Waals surface area contributed by atoms with Crippen molar-refractivity contribution < 1.29 is 0 Å². The molecule has 0 saturated carbocycles. The summed E-state index contributed by atoms with van der Waals surface area (Å²) in [6, 6.07) is 0. The van der Waals surface area contributed by atoms with Crippen LogP contribution >= 0.6 is 0 Å². The predicted octanol–water partition coefficient (Wildman–Crippen LogP) is 2.14. The molecule has 0 spiro atoms. The summed E-state index contributed by atoms with van der Waals surface area (Å²) in [6.45, 7) is 10.4. The van der Waals surface area contributed by atoms with E-state index in [1.807, 2.05) is 0 Å². The van der Waals surface area contributed by atoms with Crippen molar-refractivity contribution in [3.8, 4) is 0 Å². The average Bonchev–Trinajstić information content (AvgIpc) is 2.43. The predicted molar refractivity (Wildman–Crippen MR) is 80.6 cm³/mol. The fourth-order valence-corrected chi connectivity index (χ4v) is 2.62. The van der Waals surface area contributed by atoms with Gasteiger partial charge in [0, 0.05) is 26.2 Å². The Labute approximate surface area is 115 Å². The summed E-state index contributed by atoms with van der Waals surface area (Å²) < 4.78 is 0. The fraction of sp³-hybridized carbons (Fsp3) is 0.714. The van der Waals surface area contributed by atoms with E-state index in [-0.39, 0.29) is 0 Å². The molecule has 0 bridgehead atoms. The maximum absolute atomic E-state index is 6.29. The maximum Gasteiger partial charge on any atom is 0.157 e. The molecule has 5 heteroatoms. The molecule has 0 amide bonds. The summed E-state index contributed by atoms with van der Waals surface area (Å²) >= 11 is 0. The molecule has 106 valence electrons. The lowest BCUT2D eigenvalue weighted by Gasteiger charge is -2.32. The molecule has 5 nitrogen and oxygen atoms in total. The number of anilines is 3. The first kappa shape index (κ1) is 13.9. The number of nitrogens with two attached hydrogens (primary N) is 1. The molecule has 0 atom stereocenters. The zero-order valence-electron chi connectivity index (χ0n) is 12.3. The van der Waals surface area contributed by atoms with Gasteiger partial charge in [-0.05, 0) is 32.6 Å². The Morgan fingerprint density at radius 1 is 1.26 bits per heavy atom. The lowest BCUT2D eigenvalue weighted by Crippen LogP contribution is -2.34. The molecule has 0 unspecified atom stereocenters. The van der Waals surface area contributed by atoms with Crippen LogP contribution in [0.2, 0.25) is 0 Å². The van der Waals surface area contributed by atoms with Crippen molar-refractivity contribution in [2.45, 2.75) is 33.6 Å². The summed E-state index contributed by atoms with van der Waals surface area (Å²) in [5, 5.41) is 0. The van der Waals surface area contributed by atoms with E-state index in [0.717, 1.165) is 49.4 Å². The first-order valence-electron chi connectivity index (χ1n) is 7.27. The lowest BCUT2D eigenvalue weighted by atomic mass is 9.99. The van der Waals surface area contributed by atoms with Gasteiger partial charge >= 0.3 is 0 Å². The van der Waals surface area contributed by atoms with E-state index < -0.39 is 0 Å². The summed E-state index contributed by atoms with van der Waals surface area (Å²) in [4.78, 5) is 13.2. The molecule has 2 N–H and O–H groups in total. The van der Waals surface area contributed by atoms with Crippen molar-refractivity contribution in [1.29, 1.82) is 0 Å². The fourth-order valence-electron chi connectivity index (χ4n) is 2.62. The topological polar surface area (TPSA) is 58.3 Å². The highest BCUT2D eigenvalue weighted by Crippen LogP contribution is 2.31. The standard InChI is InChI=1S/C14H25N5/c1-4-18(5-2)13-12(15)14(17-10-16-13)19-8-6-11(3)7-9-19/h10-11H,4-9,15H2,1-3H3. The number of hydrogen-bond acceptors (Lipinski definition) is 5. The highest BCUT2D eigenvalue weighted by atomic mass is 15.2. The van der Waals surface area contributed by atoms with Gasteiger partial charge in [-0.2, -0.15) is 0 Å². The van der Waals surface area contributed by atoms with Gasteiger partial charge in [0.1, 0.15) is 12.0 Å². The van der Waals surface area contributed by atoms with Crippen molar-refractivity contribution in [3.63, 3.8) is 0 Å². The van der Waals surface area contributed by atoms with Gasteiger partial charge in [-0.25, -0.2) is 9.97 Å². The van der Waals surface area contributed by atoms with Crippen molar-refractivity contribution in [2.75, 3.05) is 41.7 Å². The molecule has 0 aromatic carbocycles. The molecule has 2 rings (SSSR count). The molecule has 1 aliphatic heterocycles. The second-order valence-electron chi connectivity index (χ2n) is 5.28. The number of aromatic nitrogens is 2. The van der Waals surface area contributed by atoms with Crippen LogP contribution in [0.5, 0.6) is 0 Å². The third-order valence-corrected chi connectivity index (χ3v) is 3.99. The third-order valence-electron chi connectivity index (χ3n) is 3.99. The average molecular weight is 263 g/mol. The van der Waals surface area contributed by atoms with E-state index in [4.69, 9.17) is 5.73 Å². The summed E-state index contributed by atoms with van der Waals surface area (Å²) in [6.07, 6.45) is 4.06. The highest BCUT2D eigenvalue weighted by molar-refractivity contribution is 5.75. The van der Waals surface area contributed by atoms with Crippen LogP contribution in [0.15, 0.2) is 6.33 Å². The Morgan fingerprint density at radius 3 is 2.47 bits per heavy atom. The second kappa shape index (κ2) is 6.08. The Balaban J connectivity index is 2.24. The Bertz CT molecular complexity index is 408. The first-order valence-corrected chi connectivity index (χ1v) is 7.27. The molecule has 1 aromatic rings. The van der Waals surface area contributed by atoms with E-state index >= 15 is 0 Å². The minimum Gasteiger partial charge on any atom is -0.393 e. The van der Waals surface area contributed by atoms with E-state index in [1.54, 1.807) is 6.33 Å². The summed E-state index contributed by atoms with van der Waals surface area (Å²) in [5.74, 6) is 2.58. The summed E-state index contributed by atoms with van der Waals surface area (Å²) in [5.41, 5.74) is 7.02. The molecule has 19 heavy (non-hydrogen) atoms. The largest absolute Gasteiger partial charge is 0.393 e. The molecule has 1 aromatic heterocycles.